The van der Waals surface area contributed by atoms with Crippen molar-refractivity contribution in [2.24, 2.45) is 17.3 Å². The van der Waals surface area contributed by atoms with E-state index in [1.807, 2.05) is 6.92 Å². The van der Waals surface area contributed by atoms with Gasteiger partial charge in [0, 0.05) is 24.7 Å². The first kappa shape index (κ1) is 24.9. The fraction of sp³-hybridized carbons (Fsp3) is 0.522. The standard InChI is InChI=1S/C23H28N4O7S/c1-10-13(12-7-26-8-25-15(18(29)24-6)20(26)35-12)17(27-16(10)14(11(2)28)19(27)30)21(31)33-9-34-22(32)23(3,4)5/h7-8,10-11,14,16,28H,9H2,1-6H3,(H,24,29)/t10-,11+,14+,16+/m0/s1. The average Bonchev–Trinajstić information content (AvgIpc) is 3.41. The molecule has 0 aromatic carbocycles. The van der Waals surface area contributed by atoms with Crippen LogP contribution in [0.5, 0.6) is 0 Å². The highest BCUT2D eigenvalue weighted by atomic mass is 32.1. The third kappa shape index (κ3) is 4.00. The highest BCUT2D eigenvalue weighted by molar-refractivity contribution is 7.18. The molecule has 0 unspecified atom stereocenters. The number of nitrogens with zero attached hydrogens (tertiary/aromatic N) is 3. The number of hydrogen-bond acceptors (Lipinski definition) is 9. The minimum Gasteiger partial charge on any atom is -0.427 e. The number of rotatable bonds is 6. The van der Waals surface area contributed by atoms with Crippen LogP contribution in [0.15, 0.2) is 18.2 Å². The molecule has 0 spiro atoms. The number of thiazole rings is 1. The number of fused-ring (bicyclic) bond motifs is 2. The summed E-state index contributed by atoms with van der Waals surface area (Å²) in [7, 11) is 1.51. The van der Waals surface area contributed by atoms with Crippen LogP contribution in [0.4, 0.5) is 0 Å². The van der Waals surface area contributed by atoms with E-state index in [0.29, 0.717) is 15.3 Å². The van der Waals surface area contributed by atoms with E-state index in [2.05, 4.69) is 10.3 Å². The molecule has 0 radical (unpaired) electrons. The second-order valence-corrected chi connectivity index (χ2v) is 10.8. The SMILES string of the molecule is CNC(=O)c1ncn2cc(C3=C(C(=O)OCOC(=O)C(C)(C)C)N4C(=O)[C@H]([C@@H](C)O)[C@H]4[C@H]3C)sc12. The van der Waals surface area contributed by atoms with Gasteiger partial charge in [0.2, 0.25) is 12.7 Å². The van der Waals surface area contributed by atoms with Crippen LogP contribution < -0.4 is 5.32 Å². The van der Waals surface area contributed by atoms with E-state index in [1.165, 1.54) is 29.6 Å². The van der Waals surface area contributed by atoms with Gasteiger partial charge in [0.25, 0.3) is 5.91 Å². The average molecular weight is 505 g/mol. The van der Waals surface area contributed by atoms with Gasteiger partial charge in [-0.05, 0) is 27.7 Å². The number of β-lactam (4-membered cyclic amide) rings is 1. The molecule has 4 heterocycles. The largest absolute Gasteiger partial charge is 0.427 e. The van der Waals surface area contributed by atoms with E-state index in [-0.39, 0.29) is 29.1 Å². The van der Waals surface area contributed by atoms with E-state index in [9.17, 15) is 24.3 Å². The lowest BCUT2D eigenvalue weighted by Gasteiger charge is -2.46. The molecule has 2 N–H and O–H groups in total. The Morgan fingerprint density at radius 3 is 2.57 bits per heavy atom. The Morgan fingerprint density at radius 1 is 1.29 bits per heavy atom. The molecule has 4 atom stereocenters. The van der Waals surface area contributed by atoms with Gasteiger partial charge in [-0.15, -0.1) is 11.3 Å². The van der Waals surface area contributed by atoms with Crippen LogP contribution in [0, 0.1) is 17.3 Å². The molecular weight excluding hydrogens is 476 g/mol. The molecule has 4 rings (SSSR count). The molecule has 35 heavy (non-hydrogen) atoms. The summed E-state index contributed by atoms with van der Waals surface area (Å²) >= 11 is 1.26. The second-order valence-electron chi connectivity index (χ2n) is 9.73. The first-order chi connectivity index (χ1) is 16.4. The Hall–Kier alpha value is -3.25. The van der Waals surface area contributed by atoms with Gasteiger partial charge < -0.3 is 24.8 Å². The number of carbonyl (C=O) groups is 4. The summed E-state index contributed by atoms with van der Waals surface area (Å²) in [5.74, 6) is -3.01. The van der Waals surface area contributed by atoms with Crippen LogP contribution in [-0.2, 0) is 23.9 Å². The van der Waals surface area contributed by atoms with Gasteiger partial charge in [-0.25, -0.2) is 9.78 Å². The number of imidazole rings is 1. The lowest BCUT2D eigenvalue weighted by molar-refractivity contribution is -0.175. The Bertz CT molecular complexity index is 1250. The molecule has 11 nitrogen and oxygen atoms in total. The van der Waals surface area contributed by atoms with Gasteiger partial charge in [-0.1, -0.05) is 6.92 Å². The number of ether oxygens (including phenoxy) is 2. The lowest BCUT2D eigenvalue weighted by Crippen LogP contribution is -2.63. The Kier molecular flexibility index (Phi) is 6.22. The fourth-order valence-corrected chi connectivity index (χ4v) is 5.72. The summed E-state index contributed by atoms with van der Waals surface area (Å²) in [6.45, 7) is 7.86. The number of aliphatic hydroxyl groups is 1. The highest BCUT2D eigenvalue weighted by Gasteiger charge is 2.60. The molecule has 2 aromatic rings. The Labute approximate surface area is 205 Å². The number of esters is 2. The highest BCUT2D eigenvalue weighted by Crippen LogP contribution is 2.51. The molecule has 2 aliphatic heterocycles. The maximum atomic E-state index is 13.2. The summed E-state index contributed by atoms with van der Waals surface area (Å²) < 4.78 is 12.0. The molecular formula is C23H28N4O7S. The van der Waals surface area contributed by atoms with Crippen molar-refractivity contribution in [3.8, 4) is 0 Å². The van der Waals surface area contributed by atoms with Crippen molar-refractivity contribution in [2.45, 2.75) is 46.8 Å². The first-order valence-electron chi connectivity index (χ1n) is 11.2. The second kappa shape index (κ2) is 8.76. The van der Waals surface area contributed by atoms with Gasteiger partial charge in [0.05, 0.1) is 28.4 Å². The minimum atomic E-state index is -0.890. The smallest absolute Gasteiger partial charge is 0.358 e. The summed E-state index contributed by atoms with van der Waals surface area (Å²) in [6, 6.07) is -0.421. The zero-order valence-corrected chi connectivity index (χ0v) is 21.1. The summed E-state index contributed by atoms with van der Waals surface area (Å²) in [5.41, 5.74) is 0.0941. The van der Waals surface area contributed by atoms with Crippen molar-refractivity contribution >= 4 is 45.5 Å². The molecule has 2 amide bonds. The van der Waals surface area contributed by atoms with E-state index < -0.39 is 42.2 Å². The van der Waals surface area contributed by atoms with E-state index >= 15 is 0 Å². The molecule has 188 valence electrons. The minimum absolute atomic E-state index is 0.0511. The maximum Gasteiger partial charge on any atom is 0.358 e. The van der Waals surface area contributed by atoms with Gasteiger partial charge in [-0.2, -0.15) is 0 Å². The molecule has 0 saturated carbocycles. The number of nitrogens with one attached hydrogen (secondary N) is 1. The number of hydrogen-bond donors (Lipinski definition) is 2. The topological polar surface area (TPSA) is 140 Å². The van der Waals surface area contributed by atoms with Gasteiger partial charge in [0.1, 0.15) is 16.9 Å². The van der Waals surface area contributed by atoms with Crippen molar-refractivity contribution in [1.29, 1.82) is 0 Å². The van der Waals surface area contributed by atoms with Crippen LogP contribution in [0.1, 0.15) is 50.0 Å². The van der Waals surface area contributed by atoms with Crippen molar-refractivity contribution in [2.75, 3.05) is 13.8 Å². The molecule has 2 aromatic heterocycles. The molecule has 1 fully saturated rings. The van der Waals surface area contributed by atoms with Crippen molar-refractivity contribution in [3.63, 3.8) is 0 Å². The van der Waals surface area contributed by atoms with Crippen molar-refractivity contribution < 1.29 is 33.8 Å². The Balaban J connectivity index is 1.71. The lowest BCUT2D eigenvalue weighted by atomic mass is 9.77. The number of aliphatic hydroxyl groups excluding tert-OH is 1. The third-order valence-corrected chi connectivity index (χ3v) is 7.42. The van der Waals surface area contributed by atoms with Crippen LogP contribution in [0.2, 0.25) is 0 Å². The van der Waals surface area contributed by atoms with Crippen molar-refractivity contribution in [1.82, 2.24) is 19.6 Å². The summed E-state index contributed by atoms with van der Waals surface area (Å²) in [4.78, 5) is 57.1. The van der Waals surface area contributed by atoms with Crippen LogP contribution in [0.25, 0.3) is 10.4 Å². The predicted octanol–water partition coefficient (Wildman–Crippen LogP) is 1.41. The van der Waals surface area contributed by atoms with E-state index in [4.69, 9.17) is 9.47 Å². The molecule has 1 saturated heterocycles. The van der Waals surface area contributed by atoms with Crippen LogP contribution in [-0.4, -0.2) is 69.1 Å². The molecule has 0 bridgehead atoms. The zero-order chi connectivity index (χ0) is 25.8. The third-order valence-electron chi connectivity index (χ3n) is 6.28. The molecule has 12 heteroatoms. The van der Waals surface area contributed by atoms with Gasteiger partial charge >= 0.3 is 11.9 Å². The fourth-order valence-electron chi connectivity index (χ4n) is 4.50. The normalized spacial score (nSPS) is 22.7. The van der Waals surface area contributed by atoms with Crippen LogP contribution in [0.3, 0.4) is 0 Å². The quantitative estimate of drug-likeness (QED) is 0.342. The molecule has 0 aliphatic carbocycles. The monoisotopic (exact) mass is 504 g/mol. The number of amides is 2. The molecule has 2 aliphatic rings. The maximum absolute atomic E-state index is 13.2. The Morgan fingerprint density at radius 2 is 1.97 bits per heavy atom. The zero-order valence-electron chi connectivity index (χ0n) is 20.3. The number of aromatic nitrogens is 2. The number of carbonyl (C=O) groups excluding carboxylic acids is 4. The first-order valence-corrected chi connectivity index (χ1v) is 12.0. The summed E-state index contributed by atoms with van der Waals surface area (Å²) in [5, 5.41) is 12.7. The predicted molar refractivity (Wildman–Crippen MR) is 125 cm³/mol. The van der Waals surface area contributed by atoms with E-state index in [0.717, 1.165) is 0 Å². The van der Waals surface area contributed by atoms with Crippen molar-refractivity contribution in [3.05, 3.63) is 28.8 Å². The van der Waals surface area contributed by atoms with Gasteiger partial charge in [0.15, 0.2) is 5.69 Å². The van der Waals surface area contributed by atoms with Gasteiger partial charge in [-0.3, -0.25) is 18.8 Å². The van der Waals surface area contributed by atoms with E-state index in [1.54, 1.807) is 38.3 Å². The van der Waals surface area contributed by atoms with Crippen LogP contribution >= 0.6 is 11.3 Å². The summed E-state index contributed by atoms with van der Waals surface area (Å²) in [6.07, 6.45) is 2.35.